The molecule has 0 aromatic heterocycles. The zero-order valence-electron chi connectivity index (χ0n) is 23.1. The molecule has 208 valence electrons. The Hall–Kier alpha value is -4.19. The number of nitrogens with zero attached hydrogens (tertiary/aromatic N) is 1. The van der Waals surface area contributed by atoms with E-state index in [1.54, 1.807) is 30.3 Å². The fourth-order valence-electron chi connectivity index (χ4n) is 8.40. The number of carbonyl (C=O) groups is 3. The minimum absolute atomic E-state index is 0.0192. The van der Waals surface area contributed by atoms with Crippen LogP contribution in [0.15, 0.2) is 66.7 Å². The summed E-state index contributed by atoms with van der Waals surface area (Å²) in [6.45, 7) is 0.0192. The van der Waals surface area contributed by atoms with Crippen molar-refractivity contribution < 1.29 is 24.2 Å². The van der Waals surface area contributed by atoms with Crippen LogP contribution >= 0.6 is 0 Å². The summed E-state index contributed by atoms with van der Waals surface area (Å²) in [5.74, 6) is 1.26. The molecule has 1 aliphatic heterocycles. The SMILES string of the molecule is COC(=O)/C=C/c1ccc(-c2cc(CN3C(=O)c4ccccc4C3=O)c(O)c(C34CC5CC(CC(C5)C3)C4)c2)cc1. The van der Waals surface area contributed by atoms with Gasteiger partial charge in [0.25, 0.3) is 11.8 Å². The summed E-state index contributed by atoms with van der Waals surface area (Å²) >= 11 is 0. The number of methoxy groups -OCH3 is 1. The number of ether oxygens (including phenoxy) is 1. The van der Waals surface area contributed by atoms with Gasteiger partial charge in [0, 0.05) is 17.2 Å². The van der Waals surface area contributed by atoms with Gasteiger partial charge in [0.05, 0.1) is 24.8 Å². The van der Waals surface area contributed by atoms with E-state index >= 15 is 0 Å². The monoisotopic (exact) mass is 547 g/mol. The third-order valence-electron chi connectivity index (χ3n) is 9.86. The molecule has 8 rings (SSSR count). The van der Waals surface area contributed by atoms with Crippen molar-refractivity contribution in [3.8, 4) is 16.9 Å². The van der Waals surface area contributed by atoms with Crippen LogP contribution < -0.4 is 0 Å². The number of hydrogen-bond acceptors (Lipinski definition) is 5. The first kappa shape index (κ1) is 25.8. The van der Waals surface area contributed by atoms with Crippen molar-refractivity contribution in [2.75, 3.05) is 7.11 Å². The third kappa shape index (κ3) is 4.37. The van der Waals surface area contributed by atoms with E-state index in [2.05, 4.69) is 6.07 Å². The lowest BCUT2D eigenvalue weighted by molar-refractivity contribution is -0.134. The molecule has 4 bridgehead atoms. The first-order valence-corrected chi connectivity index (χ1v) is 14.5. The Morgan fingerprint density at radius 2 is 1.49 bits per heavy atom. The van der Waals surface area contributed by atoms with Gasteiger partial charge in [-0.2, -0.15) is 0 Å². The summed E-state index contributed by atoms with van der Waals surface area (Å²) in [4.78, 5) is 39.3. The fourth-order valence-corrected chi connectivity index (χ4v) is 8.40. The van der Waals surface area contributed by atoms with Crippen molar-refractivity contribution in [2.24, 2.45) is 17.8 Å². The van der Waals surface area contributed by atoms with E-state index in [9.17, 15) is 19.5 Å². The average molecular weight is 548 g/mol. The van der Waals surface area contributed by atoms with Crippen molar-refractivity contribution in [2.45, 2.75) is 50.5 Å². The van der Waals surface area contributed by atoms with Crippen molar-refractivity contribution in [3.05, 3.63) is 94.6 Å². The van der Waals surface area contributed by atoms with Crippen LogP contribution in [0.1, 0.15) is 75.9 Å². The van der Waals surface area contributed by atoms with Gasteiger partial charge < -0.3 is 9.84 Å². The van der Waals surface area contributed by atoms with Crippen LogP contribution in [0.25, 0.3) is 17.2 Å². The molecule has 1 N–H and O–H groups in total. The normalized spacial score (nSPS) is 26.2. The molecule has 6 heteroatoms. The lowest BCUT2D eigenvalue weighted by Crippen LogP contribution is -2.48. The lowest BCUT2D eigenvalue weighted by Gasteiger charge is -2.57. The Bertz CT molecular complexity index is 1530. The molecule has 0 saturated heterocycles. The fraction of sp³-hybridized carbons (Fsp3) is 0.343. The Labute approximate surface area is 239 Å². The van der Waals surface area contributed by atoms with E-state index in [1.807, 2.05) is 30.3 Å². The lowest BCUT2D eigenvalue weighted by atomic mass is 9.48. The van der Waals surface area contributed by atoms with Crippen LogP contribution in [0.2, 0.25) is 0 Å². The zero-order chi connectivity index (χ0) is 28.3. The Morgan fingerprint density at radius 1 is 0.902 bits per heavy atom. The van der Waals surface area contributed by atoms with E-state index in [4.69, 9.17) is 4.74 Å². The van der Waals surface area contributed by atoms with Gasteiger partial charge in [0.1, 0.15) is 5.75 Å². The number of rotatable bonds is 6. The first-order chi connectivity index (χ1) is 19.8. The molecule has 3 aromatic rings. The molecule has 4 aliphatic carbocycles. The number of fused-ring (bicyclic) bond motifs is 1. The highest BCUT2D eigenvalue weighted by molar-refractivity contribution is 6.21. The van der Waals surface area contributed by atoms with Crippen LogP contribution in [0, 0.1) is 17.8 Å². The molecular weight excluding hydrogens is 514 g/mol. The van der Waals surface area contributed by atoms with Crippen molar-refractivity contribution in [1.82, 2.24) is 4.90 Å². The summed E-state index contributed by atoms with van der Waals surface area (Å²) in [5.41, 5.74) is 5.08. The van der Waals surface area contributed by atoms with Gasteiger partial charge in [-0.3, -0.25) is 14.5 Å². The van der Waals surface area contributed by atoms with Crippen LogP contribution in [0.3, 0.4) is 0 Å². The highest BCUT2D eigenvalue weighted by Crippen LogP contribution is 2.62. The van der Waals surface area contributed by atoms with E-state index < -0.39 is 5.97 Å². The number of aromatic hydroxyl groups is 1. The Morgan fingerprint density at radius 3 is 2.05 bits per heavy atom. The predicted molar refractivity (Wildman–Crippen MR) is 155 cm³/mol. The van der Waals surface area contributed by atoms with E-state index in [1.165, 1.54) is 37.3 Å². The minimum atomic E-state index is -0.411. The number of benzene rings is 3. The molecule has 1 heterocycles. The molecule has 0 radical (unpaired) electrons. The Kier molecular flexibility index (Phi) is 6.11. The predicted octanol–water partition coefficient (Wildman–Crippen LogP) is 6.51. The second-order valence-electron chi connectivity index (χ2n) is 12.4. The zero-order valence-corrected chi connectivity index (χ0v) is 23.1. The number of imide groups is 1. The van der Waals surface area contributed by atoms with Crippen LogP contribution in [0.4, 0.5) is 0 Å². The molecule has 0 unspecified atom stereocenters. The second-order valence-corrected chi connectivity index (χ2v) is 12.4. The van der Waals surface area contributed by atoms with E-state index in [-0.39, 0.29) is 29.5 Å². The third-order valence-corrected chi connectivity index (χ3v) is 9.86. The van der Waals surface area contributed by atoms with Gasteiger partial charge in [-0.1, -0.05) is 36.4 Å². The van der Waals surface area contributed by atoms with Gasteiger partial charge in [-0.05, 0) is 109 Å². The van der Waals surface area contributed by atoms with Crippen molar-refractivity contribution in [1.29, 1.82) is 0 Å². The summed E-state index contributed by atoms with van der Waals surface area (Å²) in [6.07, 6.45) is 10.2. The quantitative estimate of drug-likeness (QED) is 0.216. The van der Waals surface area contributed by atoms with Crippen LogP contribution in [0.5, 0.6) is 5.75 Å². The molecule has 6 nitrogen and oxygen atoms in total. The molecule has 41 heavy (non-hydrogen) atoms. The molecule has 0 atom stereocenters. The molecule has 2 amide bonds. The van der Waals surface area contributed by atoms with Gasteiger partial charge in [-0.15, -0.1) is 0 Å². The molecule has 5 aliphatic rings. The van der Waals surface area contributed by atoms with Gasteiger partial charge in [0.2, 0.25) is 0 Å². The molecule has 4 saturated carbocycles. The number of carbonyl (C=O) groups excluding carboxylic acids is 3. The molecular formula is C35H33NO5. The standard InChI is InChI=1S/C35H33NO5/c1-41-31(37)11-8-21-6-9-25(10-7-21)26-15-27(20-36-33(39)28-4-2-3-5-29(28)34(36)40)32(38)30(16-26)35-17-22-12-23(18-35)14-24(13-22)19-35/h2-11,15-16,22-24,38H,12-14,17-20H2,1H3/b11-8+. The van der Waals surface area contributed by atoms with Crippen LogP contribution in [-0.4, -0.2) is 34.9 Å². The topological polar surface area (TPSA) is 83.9 Å². The number of amides is 2. The van der Waals surface area contributed by atoms with Gasteiger partial charge in [-0.25, -0.2) is 4.79 Å². The summed E-state index contributed by atoms with van der Waals surface area (Å²) in [5, 5.41) is 11.9. The second kappa shape index (κ2) is 9.72. The van der Waals surface area contributed by atoms with E-state index in [0.717, 1.165) is 41.5 Å². The molecule has 4 fully saturated rings. The number of hydrogen-bond donors (Lipinski definition) is 1. The number of phenolic OH excluding ortho intramolecular Hbond substituents is 1. The average Bonchev–Trinajstić information content (AvgIpc) is 3.21. The highest BCUT2D eigenvalue weighted by atomic mass is 16.5. The first-order valence-electron chi connectivity index (χ1n) is 14.5. The smallest absolute Gasteiger partial charge is 0.330 e. The molecule has 0 spiro atoms. The van der Waals surface area contributed by atoms with Gasteiger partial charge in [0.15, 0.2) is 0 Å². The molecule has 3 aromatic carbocycles. The maximum atomic E-state index is 13.2. The number of phenols is 1. The minimum Gasteiger partial charge on any atom is -0.507 e. The summed E-state index contributed by atoms with van der Waals surface area (Å²) in [6, 6.07) is 18.8. The summed E-state index contributed by atoms with van der Waals surface area (Å²) < 4.78 is 4.69. The maximum absolute atomic E-state index is 13.2. The van der Waals surface area contributed by atoms with Crippen molar-refractivity contribution in [3.63, 3.8) is 0 Å². The number of esters is 1. The summed E-state index contributed by atoms with van der Waals surface area (Å²) in [7, 11) is 1.35. The van der Waals surface area contributed by atoms with Gasteiger partial charge >= 0.3 is 5.97 Å². The van der Waals surface area contributed by atoms with Crippen molar-refractivity contribution >= 4 is 23.9 Å². The van der Waals surface area contributed by atoms with Crippen LogP contribution in [-0.2, 0) is 21.5 Å². The van der Waals surface area contributed by atoms with E-state index in [0.29, 0.717) is 34.4 Å². The maximum Gasteiger partial charge on any atom is 0.330 e. The largest absolute Gasteiger partial charge is 0.507 e. The highest BCUT2D eigenvalue weighted by Gasteiger charge is 2.52. The Balaban J connectivity index is 1.29.